The average molecular weight is 288 g/mol. The molecule has 1 aliphatic rings. The first kappa shape index (κ1) is 13.9. The molecule has 6 heteroatoms. The van der Waals surface area contributed by atoms with Gasteiger partial charge in [0.1, 0.15) is 0 Å². The third kappa shape index (κ3) is 3.17. The van der Waals surface area contributed by atoms with Gasteiger partial charge in [0, 0.05) is 37.9 Å². The molecule has 6 nitrogen and oxygen atoms in total. The van der Waals surface area contributed by atoms with Gasteiger partial charge in [0.2, 0.25) is 6.79 Å². The molecule has 1 atom stereocenters. The van der Waals surface area contributed by atoms with Crippen molar-refractivity contribution in [3.8, 4) is 11.5 Å². The van der Waals surface area contributed by atoms with Gasteiger partial charge in [-0.2, -0.15) is 5.10 Å². The van der Waals surface area contributed by atoms with Crippen LogP contribution in [0.25, 0.3) is 0 Å². The summed E-state index contributed by atoms with van der Waals surface area (Å²) in [7, 11) is 3.97. The van der Waals surface area contributed by atoms with E-state index in [0.717, 1.165) is 30.2 Å². The quantitative estimate of drug-likeness (QED) is 0.898. The van der Waals surface area contributed by atoms with E-state index >= 15 is 0 Å². The van der Waals surface area contributed by atoms with Crippen molar-refractivity contribution in [2.75, 3.05) is 20.4 Å². The fourth-order valence-corrected chi connectivity index (χ4v) is 2.51. The van der Waals surface area contributed by atoms with Crippen LogP contribution in [0.2, 0.25) is 0 Å². The number of aryl methyl sites for hydroxylation is 1. The van der Waals surface area contributed by atoms with Crippen LogP contribution in [-0.4, -0.2) is 35.1 Å². The van der Waals surface area contributed by atoms with Gasteiger partial charge in [-0.15, -0.1) is 0 Å². The van der Waals surface area contributed by atoms with Crippen LogP contribution in [0.15, 0.2) is 30.6 Å². The lowest BCUT2D eigenvalue weighted by atomic mass is 10.1. The molecule has 2 aromatic rings. The molecule has 1 aromatic heterocycles. The Morgan fingerprint density at radius 3 is 2.95 bits per heavy atom. The maximum Gasteiger partial charge on any atom is 0.231 e. The Morgan fingerprint density at radius 2 is 2.19 bits per heavy atom. The van der Waals surface area contributed by atoms with Gasteiger partial charge in [0.25, 0.3) is 0 Å². The Hall–Kier alpha value is -2.05. The van der Waals surface area contributed by atoms with Crippen molar-refractivity contribution in [3.63, 3.8) is 0 Å². The van der Waals surface area contributed by atoms with Crippen molar-refractivity contribution >= 4 is 0 Å². The molecule has 0 aliphatic carbocycles. The minimum Gasteiger partial charge on any atom is -0.454 e. The highest BCUT2D eigenvalue weighted by atomic mass is 16.7. The number of nitrogens with two attached hydrogens (primary N) is 1. The Morgan fingerprint density at radius 1 is 1.38 bits per heavy atom. The minimum atomic E-state index is -0.0684. The van der Waals surface area contributed by atoms with Crippen molar-refractivity contribution in [3.05, 3.63) is 41.7 Å². The molecule has 0 radical (unpaired) electrons. The summed E-state index contributed by atoms with van der Waals surface area (Å²) in [6.45, 7) is 1.87. The van der Waals surface area contributed by atoms with Crippen molar-refractivity contribution in [2.45, 2.75) is 12.6 Å². The second kappa shape index (κ2) is 5.75. The molecule has 0 fully saturated rings. The number of hydrogen-bond donors (Lipinski definition) is 1. The van der Waals surface area contributed by atoms with Gasteiger partial charge >= 0.3 is 0 Å². The van der Waals surface area contributed by atoms with Crippen LogP contribution in [-0.2, 0) is 13.6 Å². The molecule has 0 spiro atoms. The lowest BCUT2D eigenvalue weighted by molar-refractivity contribution is 0.174. The maximum absolute atomic E-state index is 6.29. The lowest BCUT2D eigenvalue weighted by Gasteiger charge is -2.21. The van der Waals surface area contributed by atoms with Crippen LogP contribution < -0.4 is 15.2 Å². The summed E-state index contributed by atoms with van der Waals surface area (Å²) in [6, 6.07) is 5.81. The molecule has 21 heavy (non-hydrogen) atoms. The second-order valence-electron chi connectivity index (χ2n) is 5.44. The van der Waals surface area contributed by atoms with Gasteiger partial charge in [0.15, 0.2) is 11.5 Å². The molecule has 112 valence electrons. The zero-order valence-electron chi connectivity index (χ0n) is 12.3. The highest BCUT2D eigenvalue weighted by Crippen LogP contribution is 2.33. The van der Waals surface area contributed by atoms with Crippen LogP contribution in [0.5, 0.6) is 11.5 Å². The van der Waals surface area contributed by atoms with Crippen molar-refractivity contribution in [1.82, 2.24) is 14.7 Å². The van der Waals surface area contributed by atoms with E-state index in [4.69, 9.17) is 15.2 Å². The SMILES string of the molecule is CN(Cc1cnn(C)c1)CC(N)c1ccc2c(c1)OCO2. The predicted molar refractivity (Wildman–Crippen MR) is 79.0 cm³/mol. The molecular formula is C15H20N4O2. The standard InChI is InChI=1S/C15H20N4O2/c1-18(7-11-6-17-19(2)8-11)9-13(16)12-3-4-14-15(5-12)21-10-20-14/h3-6,8,13H,7,9-10,16H2,1-2H3. The van der Waals surface area contributed by atoms with Gasteiger partial charge in [-0.25, -0.2) is 0 Å². The van der Waals surface area contributed by atoms with E-state index in [2.05, 4.69) is 17.0 Å². The number of nitrogens with zero attached hydrogens (tertiary/aromatic N) is 3. The summed E-state index contributed by atoms with van der Waals surface area (Å²) < 4.78 is 12.5. The molecule has 3 rings (SSSR count). The number of ether oxygens (including phenoxy) is 2. The van der Waals surface area contributed by atoms with Crippen LogP contribution in [0, 0.1) is 0 Å². The normalized spacial score (nSPS) is 14.7. The monoisotopic (exact) mass is 288 g/mol. The zero-order valence-corrected chi connectivity index (χ0v) is 12.3. The summed E-state index contributed by atoms with van der Waals surface area (Å²) in [5.74, 6) is 1.56. The average Bonchev–Trinajstić information content (AvgIpc) is 3.06. The van der Waals surface area contributed by atoms with Gasteiger partial charge in [-0.05, 0) is 24.7 Å². The maximum atomic E-state index is 6.29. The first-order chi connectivity index (χ1) is 10.1. The number of rotatable bonds is 5. The van der Waals surface area contributed by atoms with E-state index in [1.165, 1.54) is 5.56 Å². The summed E-state index contributed by atoms with van der Waals surface area (Å²) in [4.78, 5) is 2.19. The molecule has 0 saturated carbocycles. The minimum absolute atomic E-state index is 0.0684. The number of fused-ring (bicyclic) bond motifs is 1. The molecule has 0 amide bonds. The largest absolute Gasteiger partial charge is 0.454 e. The first-order valence-electron chi connectivity index (χ1n) is 6.93. The molecule has 1 aromatic carbocycles. The van der Waals surface area contributed by atoms with E-state index in [-0.39, 0.29) is 12.8 Å². The molecule has 2 N–H and O–H groups in total. The highest BCUT2D eigenvalue weighted by Gasteiger charge is 2.17. The fraction of sp³-hybridized carbons (Fsp3) is 0.400. The Labute approximate surface area is 124 Å². The van der Waals surface area contributed by atoms with Crippen molar-refractivity contribution < 1.29 is 9.47 Å². The van der Waals surface area contributed by atoms with Gasteiger partial charge in [-0.3, -0.25) is 4.68 Å². The topological polar surface area (TPSA) is 65.5 Å². The molecule has 2 heterocycles. The zero-order chi connectivity index (χ0) is 14.8. The molecule has 1 aliphatic heterocycles. The van der Waals surface area contributed by atoms with E-state index in [0.29, 0.717) is 0 Å². The number of aromatic nitrogens is 2. The number of likely N-dealkylation sites (N-methyl/N-ethyl adjacent to an activating group) is 1. The van der Waals surface area contributed by atoms with E-state index < -0.39 is 0 Å². The van der Waals surface area contributed by atoms with Gasteiger partial charge in [0.05, 0.1) is 6.20 Å². The fourth-order valence-electron chi connectivity index (χ4n) is 2.51. The van der Waals surface area contributed by atoms with Crippen molar-refractivity contribution in [2.24, 2.45) is 12.8 Å². The third-order valence-electron chi connectivity index (χ3n) is 3.54. The second-order valence-corrected chi connectivity index (χ2v) is 5.44. The Bertz CT molecular complexity index is 626. The van der Waals surface area contributed by atoms with Crippen LogP contribution >= 0.6 is 0 Å². The van der Waals surface area contributed by atoms with Gasteiger partial charge < -0.3 is 20.1 Å². The molecule has 1 unspecified atom stereocenters. The highest BCUT2D eigenvalue weighted by molar-refractivity contribution is 5.45. The summed E-state index contributed by atoms with van der Waals surface area (Å²) >= 11 is 0. The molecular weight excluding hydrogens is 268 g/mol. The van der Waals surface area contributed by atoms with Crippen LogP contribution in [0.1, 0.15) is 17.2 Å². The van der Waals surface area contributed by atoms with E-state index in [1.54, 1.807) is 4.68 Å². The predicted octanol–water partition coefficient (Wildman–Crippen LogP) is 1.28. The lowest BCUT2D eigenvalue weighted by Crippen LogP contribution is -2.28. The Balaban J connectivity index is 1.61. The summed E-state index contributed by atoms with van der Waals surface area (Å²) in [5, 5.41) is 4.17. The van der Waals surface area contributed by atoms with Crippen LogP contribution in [0.4, 0.5) is 0 Å². The van der Waals surface area contributed by atoms with E-state index in [9.17, 15) is 0 Å². The number of benzene rings is 1. The van der Waals surface area contributed by atoms with Gasteiger partial charge in [-0.1, -0.05) is 6.07 Å². The Kier molecular flexibility index (Phi) is 3.81. The summed E-state index contributed by atoms with van der Waals surface area (Å²) in [6.07, 6.45) is 3.89. The first-order valence-corrected chi connectivity index (χ1v) is 6.93. The smallest absolute Gasteiger partial charge is 0.231 e. The summed E-state index contributed by atoms with van der Waals surface area (Å²) in [5.41, 5.74) is 8.52. The van der Waals surface area contributed by atoms with E-state index in [1.807, 2.05) is 37.6 Å². The van der Waals surface area contributed by atoms with Crippen molar-refractivity contribution in [1.29, 1.82) is 0 Å². The third-order valence-corrected chi connectivity index (χ3v) is 3.54. The van der Waals surface area contributed by atoms with Crippen LogP contribution in [0.3, 0.4) is 0 Å². The molecule has 0 saturated heterocycles. The molecule has 0 bridgehead atoms. The number of hydrogen-bond acceptors (Lipinski definition) is 5.